The van der Waals surface area contributed by atoms with Gasteiger partial charge in [0.2, 0.25) is 0 Å². The molecule has 3 N–H and O–H groups in total. The zero-order chi connectivity index (χ0) is 30.2. The Hall–Kier alpha value is -3.72. The molecule has 1 fully saturated rings. The number of anilines is 2. The van der Waals surface area contributed by atoms with Gasteiger partial charge < -0.3 is 29.9 Å². The summed E-state index contributed by atoms with van der Waals surface area (Å²) < 4.78 is 12.2. The SMILES string of the molecule is COc1ccc(C(C)(C)[C@H]2[C@H](CCO)O[C@@]3(C(=O)N(Cc4ccc(NC(=O)[C@H](C)O)cc4)c4ccccc43)[C@@H]2C)cc1. The van der Waals surface area contributed by atoms with Crippen molar-refractivity contribution in [3.63, 3.8) is 0 Å². The van der Waals surface area contributed by atoms with Crippen LogP contribution >= 0.6 is 0 Å². The zero-order valence-corrected chi connectivity index (χ0v) is 24.8. The van der Waals surface area contributed by atoms with Crippen molar-refractivity contribution >= 4 is 23.2 Å². The van der Waals surface area contributed by atoms with E-state index in [9.17, 15) is 19.8 Å². The third kappa shape index (κ3) is 4.97. The third-order valence-electron chi connectivity index (χ3n) is 9.10. The molecule has 1 saturated heterocycles. The number of fused-ring (bicyclic) bond motifs is 2. The standard InChI is InChI=1S/C34H40N2O6/c1-21-30(33(3,4)24-12-16-26(41-5)17-13-24)29(18-19-37)42-34(21)27-8-6-7-9-28(27)36(32(34)40)20-23-10-14-25(15-11-23)35-31(39)22(2)38/h6-17,21-22,29-30,37-38H,18-20H2,1-5H3,(H,35,39)/t21-,22+,29+,30-,34+/m1/s1. The van der Waals surface area contributed by atoms with E-state index in [4.69, 9.17) is 9.47 Å². The molecule has 2 aliphatic rings. The van der Waals surface area contributed by atoms with Gasteiger partial charge in [-0.15, -0.1) is 0 Å². The molecule has 0 saturated carbocycles. The van der Waals surface area contributed by atoms with E-state index < -0.39 is 17.6 Å². The highest BCUT2D eigenvalue weighted by molar-refractivity contribution is 6.07. The van der Waals surface area contributed by atoms with Crippen molar-refractivity contribution in [3.05, 3.63) is 89.5 Å². The summed E-state index contributed by atoms with van der Waals surface area (Å²) in [7, 11) is 1.65. The van der Waals surface area contributed by atoms with Crippen molar-refractivity contribution in [2.24, 2.45) is 11.8 Å². The second-order valence-corrected chi connectivity index (χ2v) is 11.9. The van der Waals surface area contributed by atoms with Gasteiger partial charge in [-0.1, -0.05) is 63.2 Å². The number of amides is 2. The van der Waals surface area contributed by atoms with Crippen LogP contribution in [-0.4, -0.2) is 48.0 Å². The maximum atomic E-state index is 14.6. The summed E-state index contributed by atoms with van der Waals surface area (Å²) in [6.45, 7) is 8.17. The van der Waals surface area contributed by atoms with Gasteiger partial charge in [-0.25, -0.2) is 0 Å². The average Bonchev–Trinajstić information content (AvgIpc) is 3.41. The summed E-state index contributed by atoms with van der Waals surface area (Å²) in [6, 6.07) is 23.1. The minimum absolute atomic E-state index is 0.0415. The molecule has 3 aromatic carbocycles. The van der Waals surface area contributed by atoms with Crippen LogP contribution in [0.25, 0.3) is 0 Å². The first kappa shape index (κ1) is 29.8. The van der Waals surface area contributed by atoms with Gasteiger partial charge in [0, 0.05) is 29.7 Å². The van der Waals surface area contributed by atoms with Gasteiger partial charge in [0.1, 0.15) is 11.9 Å². The fourth-order valence-corrected chi connectivity index (χ4v) is 6.94. The summed E-state index contributed by atoms with van der Waals surface area (Å²) in [6.07, 6.45) is -1.03. The number of nitrogens with one attached hydrogen (secondary N) is 1. The van der Waals surface area contributed by atoms with E-state index in [1.165, 1.54) is 6.92 Å². The van der Waals surface area contributed by atoms with Gasteiger partial charge in [0.05, 0.1) is 25.4 Å². The zero-order valence-electron chi connectivity index (χ0n) is 24.8. The van der Waals surface area contributed by atoms with Crippen LogP contribution in [0.15, 0.2) is 72.8 Å². The van der Waals surface area contributed by atoms with E-state index in [0.717, 1.165) is 28.1 Å². The fraction of sp³-hybridized carbons (Fsp3) is 0.412. The summed E-state index contributed by atoms with van der Waals surface area (Å²) in [4.78, 5) is 28.2. The van der Waals surface area contributed by atoms with Gasteiger partial charge in [0.15, 0.2) is 5.60 Å². The van der Waals surface area contributed by atoms with Crippen molar-refractivity contribution in [2.75, 3.05) is 23.9 Å². The van der Waals surface area contributed by atoms with Crippen LogP contribution in [-0.2, 0) is 31.9 Å². The summed E-state index contributed by atoms with van der Waals surface area (Å²) >= 11 is 0. The van der Waals surface area contributed by atoms with Crippen LogP contribution in [0.1, 0.15) is 50.8 Å². The number of hydrogen-bond donors (Lipinski definition) is 3. The highest BCUT2D eigenvalue weighted by atomic mass is 16.5. The minimum atomic E-state index is -1.18. The Kier molecular flexibility index (Phi) is 8.16. The number of nitrogens with zero attached hydrogens (tertiary/aromatic N) is 1. The van der Waals surface area contributed by atoms with Crippen molar-refractivity contribution in [1.29, 1.82) is 0 Å². The molecule has 2 aliphatic heterocycles. The molecule has 2 heterocycles. The smallest absolute Gasteiger partial charge is 0.264 e. The Morgan fingerprint density at radius 2 is 1.76 bits per heavy atom. The molecule has 8 nitrogen and oxygen atoms in total. The number of ether oxygens (including phenoxy) is 2. The van der Waals surface area contributed by atoms with E-state index >= 15 is 0 Å². The van der Waals surface area contributed by atoms with Crippen LogP contribution in [0.5, 0.6) is 5.75 Å². The van der Waals surface area contributed by atoms with E-state index in [1.807, 2.05) is 48.5 Å². The first-order chi connectivity index (χ1) is 20.0. The lowest BCUT2D eigenvalue weighted by atomic mass is 9.63. The van der Waals surface area contributed by atoms with Gasteiger partial charge in [-0.2, -0.15) is 0 Å². The van der Waals surface area contributed by atoms with E-state index in [-0.39, 0.29) is 35.9 Å². The maximum Gasteiger partial charge on any atom is 0.264 e. The number of methoxy groups -OCH3 is 1. The molecule has 0 unspecified atom stereocenters. The van der Waals surface area contributed by atoms with E-state index in [1.54, 1.807) is 24.1 Å². The molecule has 1 spiro atoms. The first-order valence-electron chi connectivity index (χ1n) is 14.5. The van der Waals surface area contributed by atoms with Gasteiger partial charge in [-0.3, -0.25) is 9.59 Å². The molecule has 0 aromatic heterocycles. The van der Waals surface area contributed by atoms with Crippen LogP contribution in [0.2, 0.25) is 0 Å². The van der Waals surface area contributed by atoms with Crippen molar-refractivity contribution in [3.8, 4) is 5.75 Å². The predicted molar refractivity (Wildman–Crippen MR) is 161 cm³/mol. The Balaban J connectivity index is 1.49. The number of aliphatic hydroxyl groups excluding tert-OH is 2. The van der Waals surface area contributed by atoms with Gasteiger partial charge in [0.25, 0.3) is 11.8 Å². The molecule has 0 aliphatic carbocycles. The lowest BCUT2D eigenvalue weighted by Gasteiger charge is -2.38. The highest BCUT2D eigenvalue weighted by Gasteiger charge is 2.65. The molecule has 2 amide bonds. The third-order valence-corrected chi connectivity index (χ3v) is 9.10. The number of carbonyl (C=O) groups excluding carboxylic acids is 2. The molecule has 5 rings (SSSR count). The summed E-state index contributed by atoms with van der Waals surface area (Å²) in [5.41, 5.74) is 2.67. The van der Waals surface area contributed by atoms with E-state index in [2.05, 4.69) is 38.2 Å². The summed E-state index contributed by atoms with van der Waals surface area (Å²) in [5.74, 6) is -0.0684. The summed E-state index contributed by atoms with van der Waals surface area (Å²) in [5, 5.41) is 22.2. The number of rotatable bonds is 9. The average molecular weight is 573 g/mol. The van der Waals surface area contributed by atoms with Crippen molar-refractivity contribution < 1.29 is 29.3 Å². The number of benzene rings is 3. The molecular formula is C34H40N2O6. The molecule has 222 valence electrons. The Bertz CT molecular complexity index is 1440. The highest BCUT2D eigenvalue weighted by Crippen LogP contribution is 2.59. The first-order valence-corrected chi connectivity index (χ1v) is 14.5. The van der Waals surface area contributed by atoms with Crippen LogP contribution in [0, 0.1) is 11.8 Å². The molecule has 42 heavy (non-hydrogen) atoms. The van der Waals surface area contributed by atoms with Gasteiger partial charge in [-0.05, 0) is 60.2 Å². The van der Waals surface area contributed by atoms with Crippen molar-refractivity contribution in [2.45, 2.75) is 63.9 Å². The molecule has 5 atom stereocenters. The normalized spacial score (nSPS) is 24.1. The molecule has 3 aromatic rings. The van der Waals surface area contributed by atoms with Crippen LogP contribution in [0.4, 0.5) is 11.4 Å². The Morgan fingerprint density at radius 3 is 2.38 bits per heavy atom. The number of hydrogen-bond acceptors (Lipinski definition) is 6. The molecule has 0 radical (unpaired) electrons. The topological polar surface area (TPSA) is 108 Å². The largest absolute Gasteiger partial charge is 0.497 e. The molecule has 8 heteroatoms. The lowest BCUT2D eigenvalue weighted by Crippen LogP contribution is -2.45. The Labute approximate surface area is 247 Å². The van der Waals surface area contributed by atoms with Crippen LogP contribution in [0.3, 0.4) is 0 Å². The number of aliphatic hydroxyl groups is 2. The van der Waals surface area contributed by atoms with Gasteiger partial charge >= 0.3 is 0 Å². The lowest BCUT2D eigenvalue weighted by molar-refractivity contribution is -0.146. The number of para-hydroxylation sites is 1. The van der Waals surface area contributed by atoms with Crippen LogP contribution < -0.4 is 15.0 Å². The second kappa shape index (κ2) is 11.5. The maximum absolute atomic E-state index is 14.6. The second-order valence-electron chi connectivity index (χ2n) is 11.9. The van der Waals surface area contributed by atoms with E-state index in [0.29, 0.717) is 18.7 Å². The van der Waals surface area contributed by atoms with Crippen molar-refractivity contribution in [1.82, 2.24) is 0 Å². The monoisotopic (exact) mass is 572 g/mol. The molecular weight excluding hydrogens is 532 g/mol. The fourth-order valence-electron chi connectivity index (χ4n) is 6.94. The predicted octanol–water partition coefficient (Wildman–Crippen LogP) is 4.77. The molecule has 0 bridgehead atoms. The quantitative estimate of drug-likeness (QED) is 0.341. The Morgan fingerprint density at radius 1 is 1.10 bits per heavy atom. The minimum Gasteiger partial charge on any atom is -0.497 e. The number of carbonyl (C=O) groups is 2.